The molecule has 0 saturated carbocycles. The van der Waals surface area contributed by atoms with Gasteiger partial charge in [-0.05, 0) is 60.9 Å². The molecule has 0 radical (unpaired) electrons. The second-order valence-corrected chi connectivity index (χ2v) is 11.0. The number of methoxy groups -OCH3 is 2. The fourth-order valence-corrected chi connectivity index (χ4v) is 6.06. The van der Waals surface area contributed by atoms with E-state index in [-0.39, 0.29) is 34.3 Å². The summed E-state index contributed by atoms with van der Waals surface area (Å²) in [4.78, 5) is 32.1. The number of hydrogen-bond acceptors (Lipinski definition) is 9. The number of rotatable bonds is 9. The number of carbonyl (C=O) groups excluding carboxylic acids is 1. The van der Waals surface area contributed by atoms with Gasteiger partial charge in [-0.25, -0.2) is 9.79 Å². The number of esters is 1. The van der Waals surface area contributed by atoms with Crippen molar-refractivity contribution in [1.82, 2.24) is 4.57 Å². The summed E-state index contributed by atoms with van der Waals surface area (Å²) in [7, 11) is 2.94. The van der Waals surface area contributed by atoms with Gasteiger partial charge in [0.1, 0.15) is 6.61 Å². The predicted molar refractivity (Wildman–Crippen MR) is 164 cm³/mol. The number of nitrogens with zero attached hydrogens (tertiary/aromatic N) is 2. The van der Waals surface area contributed by atoms with Gasteiger partial charge in [0, 0.05) is 0 Å². The second-order valence-electron chi connectivity index (χ2n) is 9.54. The lowest BCUT2D eigenvalue weighted by molar-refractivity contribution is -0.139. The number of thiazole rings is 1. The molecular formula is C32H29ClN2O7S. The fraction of sp³-hybridized carbons (Fsp3) is 0.219. The molecule has 1 aromatic heterocycles. The van der Waals surface area contributed by atoms with Gasteiger partial charge in [-0.2, -0.15) is 0 Å². The van der Waals surface area contributed by atoms with Crippen molar-refractivity contribution in [3.05, 3.63) is 113 Å². The number of benzene rings is 3. The van der Waals surface area contributed by atoms with Gasteiger partial charge in [0.2, 0.25) is 0 Å². The van der Waals surface area contributed by atoms with Gasteiger partial charge < -0.3 is 24.1 Å². The van der Waals surface area contributed by atoms with E-state index in [0.29, 0.717) is 44.3 Å². The van der Waals surface area contributed by atoms with Crippen molar-refractivity contribution in [2.75, 3.05) is 20.8 Å². The van der Waals surface area contributed by atoms with Gasteiger partial charge in [-0.1, -0.05) is 59.3 Å². The van der Waals surface area contributed by atoms with Gasteiger partial charge in [0.15, 0.2) is 27.8 Å². The minimum Gasteiger partial charge on any atom is -0.503 e. The standard InChI is InChI=1S/C32H29ClN2O7S/c1-5-41-31(38)27-18(2)34-32-35(28(27)21-15-22(33)29(36)25(16-21)40-4)30(37)26(43-32)14-20-11-12-23(24(13-20)39-3)42-17-19-9-7-6-8-10-19/h6-16,28,36H,5,17H2,1-4H3/b26-14-. The summed E-state index contributed by atoms with van der Waals surface area (Å²) in [6.45, 7) is 3.90. The minimum absolute atomic E-state index is 0.0102. The van der Waals surface area contributed by atoms with Crippen LogP contribution in [0.15, 0.2) is 81.7 Å². The number of aromatic hydroxyl groups is 1. The third kappa shape index (κ3) is 6.02. The average Bonchev–Trinajstić information content (AvgIpc) is 3.31. The monoisotopic (exact) mass is 620 g/mol. The number of fused-ring (bicyclic) bond motifs is 1. The highest BCUT2D eigenvalue weighted by Crippen LogP contribution is 2.40. The number of phenols is 1. The first-order valence-electron chi connectivity index (χ1n) is 13.4. The molecule has 222 valence electrons. The van der Waals surface area contributed by atoms with Crippen molar-refractivity contribution < 1.29 is 28.8 Å². The fourth-order valence-electron chi connectivity index (χ4n) is 4.79. The molecule has 1 N–H and O–H groups in total. The molecule has 11 heteroatoms. The predicted octanol–water partition coefficient (Wildman–Crippen LogP) is 4.75. The Kier molecular flexibility index (Phi) is 8.89. The Balaban J connectivity index is 1.60. The highest BCUT2D eigenvalue weighted by Gasteiger charge is 2.34. The van der Waals surface area contributed by atoms with Crippen LogP contribution in [0.3, 0.4) is 0 Å². The van der Waals surface area contributed by atoms with Gasteiger partial charge in [-0.3, -0.25) is 9.36 Å². The molecule has 0 saturated heterocycles. The maximum atomic E-state index is 14.0. The maximum absolute atomic E-state index is 14.0. The molecule has 3 aromatic carbocycles. The molecule has 9 nitrogen and oxygen atoms in total. The van der Waals surface area contributed by atoms with E-state index in [1.807, 2.05) is 36.4 Å². The number of hydrogen-bond donors (Lipinski definition) is 1. The second kappa shape index (κ2) is 12.8. The van der Waals surface area contributed by atoms with Crippen LogP contribution in [-0.4, -0.2) is 36.5 Å². The Bertz CT molecular complexity index is 1900. The number of halogens is 1. The maximum Gasteiger partial charge on any atom is 0.338 e. The molecule has 0 aliphatic carbocycles. The SMILES string of the molecule is CCOC(=O)C1=C(C)N=c2s/c(=C\c3ccc(OCc4ccccc4)c(OC)c3)c(=O)n2C1c1cc(Cl)c(O)c(OC)c1. The summed E-state index contributed by atoms with van der Waals surface area (Å²) < 4.78 is 24.0. The van der Waals surface area contributed by atoms with Crippen LogP contribution < -0.4 is 29.1 Å². The lowest BCUT2D eigenvalue weighted by Gasteiger charge is -2.25. The van der Waals surface area contributed by atoms with E-state index in [4.69, 9.17) is 30.5 Å². The summed E-state index contributed by atoms with van der Waals surface area (Å²) in [5.74, 6) is 0.328. The summed E-state index contributed by atoms with van der Waals surface area (Å²) in [5, 5.41) is 10.3. The average molecular weight is 621 g/mol. The first-order chi connectivity index (χ1) is 20.7. The molecule has 2 heterocycles. The normalized spacial score (nSPS) is 14.6. The molecule has 1 aliphatic heterocycles. The van der Waals surface area contributed by atoms with E-state index in [2.05, 4.69) is 4.99 Å². The third-order valence-corrected chi connectivity index (χ3v) is 8.10. The zero-order chi connectivity index (χ0) is 30.7. The van der Waals surface area contributed by atoms with Crippen molar-refractivity contribution in [3.8, 4) is 23.0 Å². The van der Waals surface area contributed by atoms with E-state index in [9.17, 15) is 14.7 Å². The molecule has 43 heavy (non-hydrogen) atoms. The van der Waals surface area contributed by atoms with Crippen LogP contribution in [0.2, 0.25) is 5.02 Å². The summed E-state index contributed by atoms with van der Waals surface area (Å²) >= 11 is 7.51. The van der Waals surface area contributed by atoms with Crippen molar-refractivity contribution in [1.29, 1.82) is 0 Å². The van der Waals surface area contributed by atoms with E-state index in [1.54, 1.807) is 45.2 Å². The van der Waals surface area contributed by atoms with Crippen LogP contribution in [0, 0.1) is 0 Å². The molecule has 4 aromatic rings. The van der Waals surface area contributed by atoms with Crippen LogP contribution in [0.25, 0.3) is 6.08 Å². The van der Waals surface area contributed by atoms with Crippen molar-refractivity contribution >= 4 is 35.0 Å². The van der Waals surface area contributed by atoms with Crippen LogP contribution >= 0.6 is 22.9 Å². The summed E-state index contributed by atoms with van der Waals surface area (Å²) in [6.07, 6.45) is 1.73. The van der Waals surface area contributed by atoms with Gasteiger partial charge in [0.05, 0.1) is 47.7 Å². The lowest BCUT2D eigenvalue weighted by Crippen LogP contribution is -2.40. The molecule has 1 atom stereocenters. The Morgan fingerprint density at radius 2 is 1.81 bits per heavy atom. The van der Waals surface area contributed by atoms with E-state index < -0.39 is 12.0 Å². The number of carbonyl (C=O) groups is 1. The van der Waals surface area contributed by atoms with Crippen molar-refractivity contribution in [2.45, 2.75) is 26.5 Å². The van der Waals surface area contributed by atoms with Crippen molar-refractivity contribution in [3.63, 3.8) is 0 Å². The summed E-state index contributed by atoms with van der Waals surface area (Å²) in [5.41, 5.74) is 2.41. The van der Waals surface area contributed by atoms with Crippen LogP contribution in [0.1, 0.15) is 36.6 Å². The Morgan fingerprint density at radius 1 is 1.07 bits per heavy atom. The molecule has 0 spiro atoms. The first-order valence-corrected chi connectivity index (χ1v) is 14.6. The smallest absolute Gasteiger partial charge is 0.338 e. The van der Waals surface area contributed by atoms with Crippen LogP contribution in [-0.2, 0) is 16.1 Å². The van der Waals surface area contributed by atoms with E-state index >= 15 is 0 Å². The summed E-state index contributed by atoms with van der Waals surface area (Å²) in [6, 6.07) is 17.3. The number of phenolic OH excluding ortho intramolecular Hbond substituents is 1. The molecule has 0 bridgehead atoms. The highest BCUT2D eigenvalue weighted by atomic mass is 35.5. The molecular weight excluding hydrogens is 592 g/mol. The van der Waals surface area contributed by atoms with E-state index in [0.717, 1.165) is 5.56 Å². The number of allylic oxidation sites excluding steroid dienone is 1. The zero-order valence-corrected chi connectivity index (χ0v) is 25.5. The Labute approximate surface area is 256 Å². The van der Waals surface area contributed by atoms with Gasteiger partial charge >= 0.3 is 5.97 Å². The quantitative estimate of drug-likeness (QED) is 0.269. The molecule has 0 fully saturated rings. The first kappa shape index (κ1) is 29.9. The number of ether oxygens (including phenoxy) is 4. The van der Waals surface area contributed by atoms with Gasteiger partial charge in [-0.15, -0.1) is 0 Å². The third-order valence-electron chi connectivity index (χ3n) is 6.83. The lowest BCUT2D eigenvalue weighted by atomic mass is 9.95. The minimum atomic E-state index is -0.923. The largest absolute Gasteiger partial charge is 0.503 e. The molecule has 5 rings (SSSR count). The Hall–Kier alpha value is -4.54. The zero-order valence-electron chi connectivity index (χ0n) is 23.9. The topological polar surface area (TPSA) is 109 Å². The van der Waals surface area contributed by atoms with Gasteiger partial charge in [0.25, 0.3) is 5.56 Å². The van der Waals surface area contributed by atoms with E-state index in [1.165, 1.54) is 29.1 Å². The Morgan fingerprint density at radius 3 is 2.51 bits per heavy atom. The van der Waals surface area contributed by atoms with Crippen LogP contribution in [0.4, 0.5) is 0 Å². The molecule has 0 amide bonds. The number of aromatic nitrogens is 1. The van der Waals surface area contributed by atoms with Crippen LogP contribution in [0.5, 0.6) is 23.0 Å². The highest BCUT2D eigenvalue weighted by molar-refractivity contribution is 7.07. The molecule has 1 unspecified atom stereocenters. The molecule has 1 aliphatic rings. The van der Waals surface area contributed by atoms with Crippen molar-refractivity contribution in [2.24, 2.45) is 4.99 Å².